The van der Waals surface area contributed by atoms with E-state index in [9.17, 15) is 8.42 Å². The predicted octanol–water partition coefficient (Wildman–Crippen LogP) is 1.75. The van der Waals surface area contributed by atoms with Crippen molar-refractivity contribution in [1.82, 2.24) is 4.72 Å². The molecule has 0 radical (unpaired) electrons. The first-order chi connectivity index (χ1) is 6.27. The molecule has 0 heterocycles. The van der Waals surface area contributed by atoms with Crippen LogP contribution in [0.25, 0.3) is 0 Å². The van der Waals surface area contributed by atoms with Crippen LogP contribution < -0.4 is 4.72 Å². The summed E-state index contributed by atoms with van der Waals surface area (Å²) in [6, 6.07) is 0. The maximum absolute atomic E-state index is 11.7. The van der Waals surface area contributed by atoms with Gasteiger partial charge in [0.25, 0.3) is 0 Å². The lowest BCUT2D eigenvalue weighted by Crippen LogP contribution is -2.40. The number of rotatable bonds is 2. The second-order valence-electron chi connectivity index (χ2n) is 5.28. The van der Waals surface area contributed by atoms with Crippen LogP contribution in [0.1, 0.15) is 40.0 Å². The topological polar surface area (TPSA) is 46.2 Å². The zero-order valence-corrected chi connectivity index (χ0v) is 10.3. The first-order valence-corrected chi connectivity index (χ1v) is 6.74. The maximum atomic E-state index is 11.7. The fourth-order valence-corrected chi connectivity index (χ4v) is 4.25. The first-order valence-electron chi connectivity index (χ1n) is 5.19. The Morgan fingerprint density at radius 3 is 2.29 bits per heavy atom. The van der Waals surface area contributed by atoms with E-state index in [2.05, 4.69) is 25.5 Å². The van der Waals surface area contributed by atoms with Gasteiger partial charge in [-0.2, -0.15) is 0 Å². The summed E-state index contributed by atoms with van der Waals surface area (Å²) in [5.41, 5.74) is 0.159. The highest BCUT2D eigenvalue weighted by molar-refractivity contribution is 7.90. The average Bonchev–Trinajstić information content (AvgIpc) is 2.00. The fraction of sp³-hybridized carbons (Fsp3) is 1.00. The van der Waals surface area contributed by atoms with Gasteiger partial charge in [-0.05, 0) is 37.6 Å². The molecular weight excluding hydrogens is 198 g/mol. The van der Waals surface area contributed by atoms with Gasteiger partial charge in [0.05, 0.1) is 5.25 Å². The number of nitrogens with one attached hydrogen (secondary N) is 1. The Bertz CT molecular complexity index is 295. The van der Waals surface area contributed by atoms with Crippen molar-refractivity contribution in [2.24, 2.45) is 11.3 Å². The van der Waals surface area contributed by atoms with Crippen LogP contribution in [-0.2, 0) is 10.0 Å². The van der Waals surface area contributed by atoms with Gasteiger partial charge in [-0.15, -0.1) is 0 Å². The number of sulfonamides is 1. The molecule has 0 aromatic heterocycles. The van der Waals surface area contributed by atoms with Gasteiger partial charge < -0.3 is 0 Å². The van der Waals surface area contributed by atoms with E-state index in [0.717, 1.165) is 19.3 Å². The smallest absolute Gasteiger partial charge is 0.214 e. The van der Waals surface area contributed by atoms with Gasteiger partial charge in [-0.25, -0.2) is 13.1 Å². The van der Waals surface area contributed by atoms with Crippen LogP contribution in [-0.4, -0.2) is 20.7 Å². The fourth-order valence-electron chi connectivity index (χ4n) is 2.66. The zero-order chi connectivity index (χ0) is 11.0. The van der Waals surface area contributed by atoms with Crippen molar-refractivity contribution in [2.45, 2.75) is 45.3 Å². The summed E-state index contributed by atoms with van der Waals surface area (Å²) in [7, 11) is -1.57. The number of hydrogen-bond acceptors (Lipinski definition) is 2. The molecule has 1 saturated carbocycles. The van der Waals surface area contributed by atoms with Crippen molar-refractivity contribution in [3.63, 3.8) is 0 Å². The van der Waals surface area contributed by atoms with Crippen LogP contribution in [0.15, 0.2) is 0 Å². The van der Waals surface area contributed by atoms with Gasteiger partial charge >= 0.3 is 0 Å². The van der Waals surface area contributed by atoms with Crippen molar-refractivity contribution in [3.8, 4) is 0 Å². The van der Waals surface area contributed by atoms with Gasteiger partial charge in [0, 0.05) is 0 Å². The Morgan fingerprint density at radius 2 is 1.86 bits per heavy atom. The molecule has 3 nitrogen and oxygen atoms in total. The van der Waals surface area contributed by atoms with Gasteiger partial charge in [0.1, 0.15) is 0 Å². The molecule has 0 aromatic carbocycles. The normalized spacial score (nSPS) is 32.9. The summed E-state index contributed by atoms with van der Waals surface area (Å²) in [5.74, 6) is 0.506. The molecule has 0 aromatic rings. The Morgan fingerprint density at radius 1 is 1.29 bits per heavy atom. The molecule has 2 atom stereocenters. The minimum absolute atomic E-state index is 0.159. The third-order valence-corrected chi connectivity index (χ3v) is 4.88. The van der Waals surface area contributed by atoms with E-state index >= 15 is 0 Å². The lowest BCUT2D eigenvalue weighted by molar-refractivity contribution is 0.193. The largest absolute Gasteiger partial charge is 0.218 e. The van der Waals surface area contributed by atoms with E-state index in [-0.39, 0.29) is 10.7 Å². The summed E-state index contributed by atoms with van der Waals surface area (Å²) < 4.78 is 25.8. The first kappa shape index (κ1) is 12.0. The van der Waals surface area contributed by atoms with Crippen LogP contribution >= 0.6 is 0 Å². The molecule has 2 unspecified atom stereocenters. The SMILES string of the molecule is CNS(=O)(=O)C1CC(C)CC(C)(C)C1. The van der Waals surface area contributed by atoms with Crippen LogP contribution in [0.5, 0.6) is 0 Å². The average molecular weight is 219 g/mol. The van der Waals surface area contributed by atoms with Crippen molar-refractivity contribution in [2.75, 3.05) is 7.05 Å². The molecule has 0 saturated heterocycles. The molecule has 84 valence electrons. The lowest BCUT2D eigenvalue weighted by atomic mass is 9.73. The minimum atomic E-state index is -3.08. The van der Waals surface area contributed by atoms with Crippen molar-refractivity contribution < 1.29 is 8.42 Å². The van der Waals surface area contributed by atoms with Gasteiger partial charge in [0.2, 0.25) is 10.0 Å². The lowest BCUT2D eigenvalue weighted by Gasteiger charge is -2.38. The summed E-state index contributed by atoms with van der Waals surface area (Å²) in [6.07, 6.45) is 2.70. The molecule has 1 rings (SSSR count). The van der Waals surface area contributed by atoms with E-state index in [1.54, 1.807) is 0 Å². The molecular formula is C10H21NO2S. The van der Waals surface area contributed by atoms with Crippen molar-refractivity contribution >= 4 is 10.0 Å². The van der Waals surface area contributed by atoms with Crippen LogP contribution in [0, 0.1) is 11.3 Å². The van der Waals surface area contributed by atoms with E-state index in [0.29, 0.717) is 5.92 Å². The third kappa shape index (κ3) is 2.70. The minimum Gasteiger partial charge on any atom is -0.218 e. The summed E-state index contributed by atoms with van der Waals surface area (Å²) in [6.45, 7) is 6.45. The molecule has 1 N–H and O–H groups in total. The summed E-state index contributed by atoms with van der Waals surface area (Å²) in [5, 5.41) is -0.203. The summed E-state index contributed by atoms with van der Waals surface area (Å²) >= 11 is 0. The van der Waals surface area contributed by atoms with Crippen LogP contribution in [0.4, 0.5) is 0 Å². The maximum Gasteiger partial charge on any atom is 0.214 e. The predicted molar refractivity (Wildman–Crippen MR) is 58.6 cm³/mol. The van der Waals surface area contributed by atoms with E-state index in [1.165, 1.54) is 7.05 Å². The number of hydrogen-bond donors (Lipinski definition) is 1. The molecule has 0 aliphatic heterocycles. The van der Waals surface area contributed by atoms with E-state index in [1.807, 2.05) is 0 Å². The highest BCUT2D eigenvalue weighted by Gasteiger charge is 2.37. The highest BCUT2D eigenvalue weighted by Crippen LogP contribution is 2.40. The van der Waals surface area contributed by atoms with Gasteiger partial charge in [-0.1, -0.05) is 20.8 Å². The molecule has 0 spiro atoms. The van der Waals surface area contributed by atoms with Crippen LogP contribution in [0.2, 0.25) is 0 Å². The second-order valence-corrected chi connectivity index (χ2v) is 7.45. The molecule has 14 heavy (non-hydrogen) atoms. The molecule has 1 aliphatic carbocycles. The third-order valence-electron chi connectivity index (χ3n) is 3.07. The standard InChI is InChI=1S/C10H21NO2S/c1-8-5-9(14(12,13)11-4)7-10(2,3)6-8/h8-9,11H,5-7H2,1-4H3. The second kappa shape index (κ2) is 3.81. The van der Waals surface area contributed by atoms with Crippen LogP contribution in [0.3, 0.4) is 0 Å². The Hall–Kier alpha value is -0.0900. The Balaban J connectivity index is 2.82. The quantitative estimate of drug-likeness (QED) is 0.769. The molecule has 0 bridgehead atoms. The monoisotopic (exact) mass is 219 g/mol. The molecule has 1 aliphatic rings. The molecule has 4 heteroatoms. The van der Waals surface area contributed by atoms with E-state index < -0.39 is 10.0 Å². The van der Waals surface area contributed by atoms with E-state index in [4.69, 9.17) is 0 Å². The Labute approximate surface area is 87.3 Å². The zero-order valence-electron chi connectivity index (χ0n) is 9.50. The van der Waals surface area contributed by atoms with Gasteiger partial charge in [0.15, 0.2) is 0 Å². The Kier molecular flexibility index (Phi) is 3.26. The highest BCUT2D eigenvalue weighted by atomic mass is 32.2. The summed E-state index contributed by atoms with van der Waals surface area (Å²) in [4.78, 5) is 0. The van der Waals surface area contributed by atoms with Crippen molar-refractivity contribution in [1.29, 1.82) is 0 Å². The van der Waals surface area contributed by atoms with Gasteiger partial charge in [-0.3, -0.25) is 0 Å². The van der Waals surface area contributed by atoms with Crippen molar-refractivity contribution in [3.05, 3.63) is 0 Å². The molecule has 1 fully saturated rings. The molecule has 0 amide bonds.